The van der Waals surface area contributed by atoms with Crippen molar-refractivity contribution in [2.75, 3.05) is 13.1 Å². The maximum atomic E-state index is 13.1. The van der Waals surface area contributed by atoms with Gasteiger partial charge in [0.25, 0.3) is 5.91 Å². The van der Waals surface area contributed by atoms with Crippen LogP contribution >= 0.6 is 0 Å². The van der Waals surface area contributed by atoms with Crippen molar-refractivity contribution in [2.45, 2.75) is 26.3 Å². The van der Waals surface area contributed by atoms with Crippen LogP contribution in [0.2, 0.25) is 0 Å². The Hall–Kier alpha value is -3.74. The number of carbonyl (C=O) groups is 2. The van der Waals surface area contributed by atoms with E-state index in [1.165, 1.54) is 6.07 Å². The zero-order valence-corrected chi connectivity index (χ0v) is 18.0. The number of piperidine rings is 1. The molecule has 4 rings (SSSR count). The molecule has 7 nitrogen and oxygen atoms in total. The summed E-state index contributed by atoms with van der Waals surface area (Å²) in [5.41, 5.74) is 2.02. The summed E-state index contributed by atoms with van der Waals surface area (Å²) in [5.74, 6) is -0.529. The first-order chi connectivity index (χ1) is 15.5. The number of aryl methyl sites for hydroxylation is 1. The van der Waals surface area contributed by atoms with E-state index in [1.54, 1.807) is 16.5 Å². The van der Waals surface area contributed by atoms with Gasteiger partial charge in [0, 0.05) is 37.3 Å². The Kier molecular flexibility index (Phi) is 6.44. The molecule has 0 atom stereocenters. The fraction of sp³-hybridized carbons (Fsp3) is 0.280. The van der Waals surface area contributed by atoms with Crippen LogP contribution in [0.15, 0.2) is 71.5 Å². The first-order valence-corrected chi connectivity index (χ1v) is 10.8. The molecule has 1 aliphatic heterocycles. The molecule has 3 aromatic rings. The maximum absolute atomic E-state index is 13.1. The van der Waals surface area contributed by atoms with E-state index in [1.807, 2.05) is 60.7 Å². The van der Waals surface area contributed by atoms with Crippen molar-refractivity contribution in [2.24, 2.45) is 5.92 Å². The molecular weight excluding hydrogens is 404 g/mol. The van der Waals surface area contributed by atoms with Gasteiger partial charge in [-0.25, -0.2) is 4.68 Å². The number of benzene rings is 2. The summed E-state index contributed by atoms with van der Waals surface area (Å²) in [6.45, 7) is 3.12. The standard InChI is InChI=1S/C25H26N4O3/c1-18-16-22(30)23(27-29(18)21-10-6-3-7-11-21)25(32)28-14-12-20(13-15-28)24(31)26-17-19-8-4-2-5-9-19/h2-11,16,20H,12-15,17H2,1H3,(H,26,31). The van der Waals surface area contributed by atoms with Gasteiger partial charge in [-0.2, -0.15) is 5.10 Å². The van der Waals surface area contributed by atoms with Gasteiger partial charge in [0.1, 0.15) is 0 Å². The molecule has 7 heteroatoms. The highest BCUT2D eigenvalue weighted by Crippen LogP contribution is 2.19. The lowest BCUT2D eigenvalue weighted by Crippen LogP contribution is -2.44. The minimum Gasteiger partial charge on any atom is -0.352 e. The largest absolute Gasteiger partial charge is 0.352 e. The van der Waals surface area contributed by atoms with Crippen molar-refractivity contribution in [1.82, 2.24) is 20.0 Å². The topological polar surface area (TPSA) is 84.3 Å². The molecule has 1 saturated heterocycles. The van der Waals surface area contributed by atoms with Crippen LogP contribution in [0.3, 0.4) is 0 Å². The second kappa shape index (κ2) is 9.60. The van der Waals surface area contributed by atoms with Gasteiger partial charge in [-0.3, -0.25) is 14.4 Å². The smallest absolute Gasteiger partial charge is 0.278 e. The van der Waals surface area contributed by atoms with Gasteiger partial charge >= 0.3 is 0 Å². The van der Waals surface area contributed by atoms with Gasteiger partial charge in [-0.05, 0) is 37.5 Å². The predicted octanol–water partition coefficient (Wildman–Crippen LogP) is 2.71. The van der Waals surface area contributed by atoms with E-state index in [-0.39, 0.29) is 28.9 Å². The van der Waals surface area contributed by atoms with Crippen LogP contribution in [0.25, 0.3) is 5.69 Å². The summed E-state index contributed by atoms with van der Waals surface area (Å²) in [5, 5.41) is 7.35. The SMILES string of the molecule is Cc1cc(=O)c(C(=O)N2CCC(C(=O)NCc3ccccc3)CC2)nn1-c1ccccc1. The third kappa shape index (κ3) is 4.77. The Labute approximate surface area is 186 Å². The monoisotopic (exact) mass is 430 g/mol. The molecule has 1 N–H and O–H groups in total. The van der Waals surface area contributed by atoms with Crippen molar-refractivity contribution < 1.29 is 9.59 Å². The summed E-state index contributed by atoms with van der Waals surface area (Å²) in [6, 6.07) is 20.6. The van der Waals surface area contributed by atoms with Crippen molar-refractivity contribution in [3.8, 4) is 5.69 Å². The van der Waals surface area contributed by atoms with Crippen molar-refractivity contribution in [3.05, 3.63) is 93.9 Å². The number of hydrogen-bond donors (Lipinski definition) is 1. The highest BCUT2D eigenvalue weighted by atomic mass is 16.2. The zero-order valence-electron chi connectivity index (χ0n) is 18.0. The fourth-order valence-corrected chi connectivity index (χ4v) is 3.95. The second-order valence-electron chi connectivity index (χ2n) is 8.02. The molecule has 1 fully saturated rings. The molecule has 0 spiro atoms. The highest BCUT2D eigenvalue weighted by molar-refractivity contribution is 5.92. The molecule has 0 aliphatic carbocycles. The molecule has 1 aliphatic rings. The van der Waals surface area contributed by atoms with Crippen LogP contribution < -0.4 is 10.7 Å². The van der Waals surface area contributed by atoms with E-state index in [4.69, 9.17) is 0 Å². The fourth-order valence-electron chi connectivity index (χ4n) is 3.95. The van der Waals surface area contributed by atoms with Crippen LogP contribution in [0.1, 0.15) is 34.6 Å². The van der Waals surface area contributed by atoms with Crippen molar-refractivity contribution in [1.29, 1.82) is 0 Å². The lowest BCUT2D eigenvalue weighted by Gasteiger charge is -2.31. The van der Waals surface area contributed by atoms with E-state index in [0.29, 0.717) is 38.2 Å². The van der Waals surface area contributed by atoms with E-state index < -0.39 is 0 Å². The van der Waals surface area contributed by atoms with Gasteiger partial charge in [0.15, 0.2) is 5.69 Å². The van der Waals surface area contributed by atoms with Crippen LogP contribution in [0.4, 0.5) is 0 Å². The number of amides is 2. The molecule has 2 aromatic carbocycles. The Balaban J connectivity index is 1.40. The summed E-state index contributed by atoms with van der Waals surface area (Å²) >= 11 is 0. The zero-order chi connectivity index (χ0) is 22.5. The summed E-state index contributed by atoms with van der Waals surface area (Å²) < 4.78 is 1.61. The average Bonchev–Trinajstić information content (AvgIpc) is 2.83. The molecule has 2 amide bonds. The number of nitrogens with zero attached hydrogens (tertiary/aromatic N) is 3. The number of carbonyl (C=O) groups excluding carboxylic acids is 2. The Morgan fingerprint density at radius 2 is 1.62 bits per heavy atom. The maximum Gasteiger partial charge on any atom is 0.278 e. The van der Waals surface area contributed by atoms with Gasteiger partial charge in [-0.1, -0.05) is 48.5 Å². The third-order valence-electron chi connectivity index (χ3n) is 5.77. The molecule has 0 bridgehead atoms. The Bertz CT molecular complexity index is 1150. The van der Waals surface area contributed by atoms with Gasteiger partial charge < -0.3 is 10.2 Å². The quantitative estimate of drug-likeness (QED) is 0.675. The lowest BCUT2D eigenvalue weighted by atomic mass is 9.95. The normalized spacial score (nSPS) is 14.2. The molecule has 32 heavy (non-hydrogen) atoms. The van der Waals surface area contributed by atoms with Crippen LogP contribution in [0, 0.1) is 12.8 Å². The highest BCUT2D eigenvalue weighted by Gasteiger charge is 2.29. The molecule has 1 aromatic heterocycles. The number of para-hydroxylation sites is 1. The molecule has 2 heterocycles. The van der Waals surface area contributed by atoms with Crippen LogP contribution in [-0.4, -0.2) is 39.6 Å². The summed E-state index contributed by atoms with van der Waals surface area (Å²) in [4.78, 5) is 39.7. The second-order valence-corrected chi connectivity index (χ2v) is 8.02. The first-order valence-electron chi connectivity index (χ1n) is 10.8. The van der Waals surface area contributed by atoms with Crippen molar-refractivity contribution >= 4 is 11.8 Å². The predicted molar refractivity (Wildman–Crippen MR) is 121 cm³/mol. The minimum atomic E-state index is -0.387. The molecule has 164 valence electrons. The summed E-state index contributed by atoms with van der Waals surface area (Å²) in [7, 11) is 0. The van der Waals surface area contributed by atoms with Gasteiger partial charge in [0.05, 0.1) is 5.69 Å². The molecular formula is C25H26N4O3. The number of nitrogens with one attached hydrogen (secondary N) is 1. The number of hydrogen-bond acceptors (Lipinski definition) is 4. The Morgan fingerprint density at radius 1 is 1.00 bits per heavy atom. The average molecular weight is 431 g/mol. The van der Waals surface area contributed by atoms with E-state index >= 15 is 0 Å². The van der Waals surface area contributed by atoms with Gasteiger partial charge in [0.2, 0.25) is 11.3 Å². The first kappa shape index (κ1) is 21.5. The third-order valence-corrected chi connectivity index (χ3v) is 5.77. The van der Waals surface area contributed by atoms with Crippen LogP contribution in [-0.2, 0) is 11.3 Å². The van der Waals surface area contributed by atoms with Gasteiger partial charge in [-0.15, -0.1) is 0 Å². The lowest BCUT2D eigenvalue weighted by molar-refractivity contribution is -0.126. The molecule has 0 saturated carbocycles. The Morgan fingerprint density at radius 3 is 2.28 bits per heavy atom. The van der Waals surface area contributed by atoms with E-state index in [9.17, 15) is 14.4 Å². The molecule has 0 unspecified atom stereocenters. The minimum absolute atomic E-state index is 0.000784. The van der Waals surface area contributed by atoms with E-state index in [2.05, 4.69) is 10.4 Å². The number of rotatable bonds is 5. The number of aromatic nitrogens is 2. The van der Waals surface area contributed by atoms with E-state index in [0.717, 1.165) is 11.3 Å². The van der Waals surface area contributed by atoms with Crippen LogP contribution in [0.5, 0.6) is 0 Å². The molecule has 0 radical (unpaired) electrons. The number of likely N-dealkylation sites (tertiary alicyclic amines) is 1. The van der Waals surface area contributed by atoms with Crippen molar-refractivity contribution in [3.63, 3.8) is 0 Å². The summed E-state index contributed by atoms with van der Waals surface area (Å²) in [6.07, 6.45) is 1.12.